The van der Waals surface area contributed by atoms with Crippen LogP contribution in [0.5, 0.6) is 0 Å². The molecule has 3 heteroatoms. The van der Waals surface area contributed by atoms with E-state index in [0.29, 0.717) is 6.61 Å². The number of carbonyl (C=O) groups excluding carboxylic acids is 1. The van der Waals surface area contributed by atoms with Gasteiger partial charge in [-0.05, 0) is 44.5 Å². The Bertz CT molecular complexity index is 833. The van der Waals surface area contributed by atoms with E-state index in [0.717, 1.165) is 27.8 Å². The molecule has 3 nitrogen and oxygen atoms in total. The fourth-order valence-electron chi connectivity index (χ4n) is 3.23. The van der Waals surface area contributed by atoms with Crippen molar-refractivity contribution in [1.82, 2.24) is 4.57 Å². The largest absolute Gasteiger partial charge is 0.466 e. The molecule has 0 radical (unpaired) electrons. The van der Waals surface area contributed by atoms with Crippen LogP contribution in [0.15, 0.2) is 54.6 Å². The van der Waals surface area contributed by atoms with Crippen molar-refractivity contribution in [3.05, 3.63) is 65.9 Å². The molecule has 0 fully saturated rings. The van der Waals surface area contributed by atoms with Gasteiger partial charge in [0.15, 0.2) is 0 Å². The van der Waals surface area contributed by atoms with Crippen LogP contribution >= 0.6 is 0 Å². The first-order valence-electron chi connectivity index (χ1n) is 7.97. The molecule has 0 aliphatic carbocycles. The van der Waals surface area contributed by atoms with E-state index in [9.17, 15) is 4.79 Å². The van der Waals surface area contributed by atoms with Gasteiger partial charge >= 0.3 is 5.97 Å². The molecule has 3 aromatic rings. The van der Waals surface area contributed by atoms with Gasteiger partial charge in [0.2, 0.25) is 0 Å². The number of para-hydroxylation sites is 2. The molecule has 0 amide bonds. The summed E-state index contributed by atoms with van der Waals surface area (Å²) in [7, 11) is 0. The minimum absolute atomic E-state index is 0.174. The van der Waals surface area contributed by atoms with Gasteiger partial charge in [0, 0.05) is 16.8 Å². The summed E-state index contributed by atoms with van der Waals surface area (Å²) in [5.74, 6) is -0.462. The number of hydrogen-bond acceptors (Lipinski definition) is 2. The predicted octanol–water partition coefficient (Wildman–Crippen LogP) is 4.61. The Morgan fingerprint density at radius 3 is 2.43 bits per heavy atom. The van der Waals surface area contributed by atoms with E-state index in [-0.39, 0.29) is 11.9 Å². The quantitative estimate of drug-likeness (QED) is 0.659. The predicted molar refractivity (Wildman–Crippen MR) is 93.1 cm³/mol. The molecule has 0 aliphatic rings. The lowest BCUT2D eigenvalue weighted by Gasteiger charge is -2.12. The number of carbonyl (C=O) groups is 1. The lowest BCUT2D eigenvalue weighted by Crippen LogP contribution is -2.14. The van der Waals surface area contributed by atoms with Crippen molar-refractivity contribution in [1.29, 1.82) is 0 Å². The van der Waals surface area contributed by atoms with E-state index in [2.05, 4.69) is 35.8 Å². The van der Waals surface area contributed by atoms with E-state index in [1.807, 2.05) is 44.2 Å². The fraction of sp³-hybridized carbons (Fsp3) is 0.250. The van der Waals surface area contributed by atoms with Gasteiger partial charge in [-0.3, -0.25) is 4.79 Å². The van der Waals surface area contributed by atoms with Crippen molar-refractivity contribution >= 4 is 16.9 Å². The number of fused-ring (bicyclic) bond motifs is 1. The Labute approximate surface area is 136 Å². The van der Waals surface area contributed by atoms with Crippen LogP contribution in [0.4, 0.5) is 0 Å². The van der Waals surface area contributed by atoms with Crippen molar-refractivity contribution in [3.63, 3.8) is 0 Å². The molecule has 0 saturated heterocycles. The minimum atomic E-state index is -0.287. The second kappa shape index (κ2) is 6.29. The normalized spacial score (nSPS) is 12.3. The molecule has 0 saturated carbocycles. The van der Waals surface area contributed by atoms with Gasteiger partial charge in [-0.15, -0.1) is 0 Å². The Balaban J connectivity index is 2.24. The van der Waals surface area contributed by atoms with Gasteiger partial charge in [-0.25, -0.2) is 0 Å². The van der Waals surface area contributed by atoms with Crippen molar-refractivity contribution < 1.29 is 9.53 Å². The summed E-state index contributed by atoms with van der Waals surface area (Å²) in [5, 5.41) is 1.11. The van der Waals surface area contributed by atoms with Crippen LogP contribution in [-0.2, 0) is 9.53 Å². The molecular formula is C20H21NO2. The Morgan fingerprint density at radius 2 is 1.74 bits per heavy atom. The third-order valence-electron chi connectivity index (χ3n) is 4.25. The average Bonchev–Trinajstić information content (AvgIpc) is 2.87. The van der Waals surface area contributed by atoms with Gasteiger partial charge in [0.05, 0.1) is 18.0 Å². The zero-order valence-electron chi connectivity index (χ0n) is 13.7. The highest BCUT2D eigenvalue weighted by Gasteiger charge is 2.25. The van der Waals surface area contributed by atoms with Crippen LogP contribution in [-0.4, -0.2) is 17.1 Å². The maximum atomic E-state index is 12.3. The Kier molecular flexibility index (Phi) is 4.20. The van der Waals surface area contributed by atoms with Crippen LogP contribution in [0.3, 0.4) is 0 Å². The molecule has 0 spiro atoms. The fourth-order valence-corrected chi connectivity index (χ4v) is 3.23. The number of aromatic nitrogens is 1. The Morgan fingerprint density at radius 1 is 1.09 bits per heavy atom. The van der Waals surface area contributed by atoms with Gasteiger partial charge in [0.25, 0.3) is 0 Å². The average molecular weight is 307 g/mol. The monoisotopic (exact) mass is 307 g/mol. The number of esters is 1. The summed E-state index contributed by atoms with van der Waals surface area (Å²) >= 11 is 0. The molecule has 118 valence electrons. The smallest absolute Gasteiger partial charge is 0.313 e. The first-order chi connectivity index (χ1) is 11.1. The second-order valence-corrected chi connectivity index (χ2v) is 5.66. The van der Waals surface area contributed by atoms with E-state index in [4.69, 9.17) is 4.74 Å². The molecule has 0 aliphatic heterocycles. The minimum Gasteiger partial charge on any atom is -0.466 e. The van der Waals surface area contributed by atoms with Crippen molar-refractivity contribution in [2.24, 2.45) is 0 Å². The summed E-state index contributed by atoms with van der Waals surface area (Å²) in [6.45, 7) is 6.23. The molecular weight excluding hydrogens is 286 g/mol. The molecule has 1 aromatic heterocycles. The molecule has 1 heterocycles. The second-order valence-electron chi connectivity index (χ2n) is 5.66. The van der Waals surface area contributed by atoms with Gasteiger partial charge in [-0.2, -0.15) is 0 Å². The number of benzene rings is 2. The third-order valence-corrected chi connectivity index (χ3v) is 4.25. The third kappa shape index (κ3) is 2.63. The summed E-state index contributed by atoms with van der Waals surface area (Å²) in [4.78, 5) is 12.3. The lowest BCUT2D eigenvalue weighted by atomic mass is 9.98. The first-order valence-corrected chi connectivity index (χ1v) is 7.97. The van der Waals surface area contributed by atoms with Gasteiger partial charge in [-0.1, -0.05) is 36.4 Å². The Hall–Kier alpha value is -2.55. The molecule has 3 rings (SSSR count). The van der Waals surface area contributed by atoms with Crippen LogP contribution in [0.2, 0.25) is 0 Å². The molecule has 1 atom stereocenters. The number of nitrogens with zero attached hydrogens (tertiary/aromatic N) is 1. The van der Waals surface area contributed by atoms with Crippen LogP contribution < -0.4 is 0 Å². The van der Waals surface area contributed by atoms with E-state index >= 15 is 0 Å². The maximum absolute atomic E-state index is 12.3. The van der Waals surface area contributed by atoms with Crippen LogP contribution in [0, 0.1) is 6.92 Å². The summed E-state index contributed by atoms with van der Waals surface area (Å²) in [6.07, 6.45) is 0. The molecule has 2 aromatic carbocycles. The topological polar surface area (TPSA) is 31.2 Å². The highest BCUT2D eigenvalue weighted by Crippen LogP contribution is 2.34. The lowest BCUT2D eigenvalue weighted by molar-refractivity contribution is -0.144. The highest BCUT2D eigenvalue weighted by atomic mass is 16.5. The van der Waals surface area contributed by atoms with Crippen molar-refractivity contribution in [2.75, 3.05) is 6.61 Å². The van der Waals surface area contributed by atoms with Crippen molar-refractivity contribution in [2.45, 2.75) is 26.7 Å². The first kappa shape index (κ1) is 15.3. The zero-order chi connectivity index (χ0) is 16.4. The number of hydrogen-bond donors (Lipinski definition) is 0. The number of rotatable bonds is 4. The summed E-state index contributed by atoms with van der Waals surface area (Å²) < 4.78 is 7.44. The molecule has 0 bridgehead atoms. The SMILES string of the molecule is CCOC(=O)[C@H](C)c1c(C)n(-c2ccccc2)c2ccccc12. The van der Waals surface area contributed by atoms with Crippen LogP contribution in [0.25, 0.3) is 16.6 Å². The van der Waals surface area contributed by atoms with Gasteiger partial charge < -0.3 is 9.30 Å². The summed E-state index contributed by atoms with van der Waals surface area (Å²) in [5.41, 5.74) is 4.34. The maximum Gasteiger partial charge on any atom is 0.313 e. The van der Waals surface area contributed by atoms with E-state index < -0.39 is 0 Å². The zero-order valence-corrected chi connectivity index (χ0v) is 13.7. The van der Waals surface area contributed by atoms with Gasteiger partial charge in [0.1, 0.15) is 0 Å². The molecule has 0 N–H and O–H groups in total. The highest BCUT2D eigenvalue weighted by molar-refractivity contribution is 5.92. The van der Waals surface area contributed by atoms with Crippen molar-refractivity contribution in [3.8, 4) is 5.69 Å². The molecule has 0 unspecified atom stereocenters. The number of ether oxygens (including phenoxy) is 1. The molecule has 23 heavy (non-hydrogen) atoms. The van der Waals surface area contributed by atoms with E-state index in [1.54, 1.807) is 0 Å². The van der Waals surface area contributed by atoms with Crippen LogP contribution in [0.1, 0.15) is 31.0 Å². The standard InChI is InChI=1S/C20H21NO2/c1-4-23-20(22)14(2)19-15(3)21(16-10-6-5-7-11-16)18-13-9-8-12-17(18)19/h5-14H,4H2,1-3H3/t14-/m1/s1. The summed E-state index contributed by atoms with van der Waals surface area (Å²) in [6, 6.07) is 18.4. The van der Waals surface area contributed by atoms with E-state index in [1.165, 1.54) is 0 Å².